The topological polar surface area (TPSA) is 26.3 Å². The van der Waals surface area contributed by atoms with Crippen LogP contribution in [0, 0.1) is 5.82 Å². The fourth-order valence-corrected chi connectivity index (χ4v) is 2.77. The monoisotopic (exact) mass is 254 g/mol. The van der Waals surface area contributed by atoms with Gasteiger partial charge in [-0.1, -0.05) is 0 Å². The summed E-state index contributed by atoms with van der Waals surface area (Å²) >= 11 is 1.59. The van der Waals surface area contributed by atoms with Gasteiger partial charge in [0.1, 0.15) is 5.82 Å². The molecule has 0 amide bonds. The van der Waals surface area contributed by atoms with Crippen LogP contribution in [0.25, 0.3) is 0 Å². The number of rotatable bonds is 5. The van der Waals surface area contributed by atoms with E-state index in [-0.39, 0.29) is 11.6 Å². The zero-order chi connectivity index (χ0) is 12.1. The molecule has 1 saturated heterocycles. The molecule has 92 valence electrons. The van der Waals surface area contributed by atoms with Gasteiger partial charge in [0.15, 0.2) is 5.78 Å². The van der Waals surface area contributed by atoms with Crippen LogP contribution in [0.1, 0.15) is 23.2 Å². The van der Waals surface area contributed by atoms with Gasteiger partial charge in [0.05, 0.1) is 11.9 Å². The van der Waals surface area contributed by atoms with Crippen molar-refractivity contribution in [1.82, 2.24) is 0 Å². The maximum atomic E-state index is 12.7. The number of ketones is 1. The van der Waals surface area contributed by atoms with E-state index in [4.69, 9.17) is 4.74 Å². The van der Waals surface area contributed by atoms with Crippen molar-refractivity contribution in [2.24, 2.45) is 0 Å². The minimum absolute atomic E-state index is 0.0491. The molecule has 0 saturated carbocycles. The summed E-state index contributed by atoms with van der Waals surface area (Å²) in [5.41, 5.74) is 0.575. The fourth-order valence-electron chi connectivity index (χ4n) is 1.78. The highest BCUT2D eigenvalue weighted by Gasteiger charge is 2.16. The van der Waals surface area contributed by atoms with Gasteiger partial charge in [-0.25, -0.2) is 4.39 Å². The molecule has 0 spiro atoms. The molecule has 1 atom stereocenters. The SMILES string of the molecule is O=C(CSCC1CCCO1)c1ccc(F)cc1. The van der Waals surface area contributed by atoms with E-state index >= 15 is 0 Å². The number of halogens is 1. The maximum Gasteiger partial charge on any atom is 0.172 e. The second-order valence-electron chi connectivity index (χ2n) is 4.08. The number of benzene rings is 1. The van der Waals surface area contributed by atoms with Crippen LogP contribution in [-0.4, -0.2) is 30.0 Å². The lowest BCUT2D eigenvalue weighted by Gasteiger charge is -2.07. The number of ether oxygens (including phenoxy) is 1. The largest absolute Gasteiger partial charge is 0.377 e. The number of hydrogen-bond donors (Lipinski definition) is 0. The average molecular weight is 254 g/mol. The van der Waals surface area contributed by atoms with Crippen molar-refractivity contribution < 1.29 is 13.9 Å². The Morgan fingerprint density at radius 2 is 2.18 bits per heavy atom. The summed E-state index contributed by atoms with van der Waals surface area (Å²) in [5, 5.41) is 0. The van der Waals surface area contributed by atoms with Gasteiger partial charge in [-0.15, -0.1) is 0 Å². The summed E-state index contributed by atoms with van der Waals surface area (Å²) in [7, 11) is 0. The predicted octanol–water partition coefficient (Wildman–Crippen LogP) is 2.92. The zero-order valence-electron chi connectivity index (χ0n) is 9.52. The number of carbonyl (C=O) groups excluding carboxylic acids is 1. The van der Waals surface area contributed by atoms with Crippen LogP contribution in [0.4, 0.5) is 4.39 Å². The first-order valence-corrected chi connectivity index (χ1v) is 6.89. The van der Waals surface area contributed by atoms with Crippen molar-refractivity contribution >= 4 is 17.5 Å². The molecule has 2 rings (SSSR count). The number of Topliss-reactive ketones (excluding diaryl/α,β-unsaturated/α-hetero) is 1. The molecular weight excluding hydrogens is 239 g/mol. The second-order valence-corrected chi connectivity index (χ2v) is 5.11. The molecule has 0 aromatic heterocycles. The molecule has 1 aliphatic heterocycles. The number of hydrogen-bond acceptors (Lipinski definition) is 3. The number of carbonyl (C=O) groups is 1. The highest BCUT2D eigenvalue weighted by molar-refractivity contribution is 8.00. The molecule has 1 heterocycles. The van der Waals surface area contributed by atoms with Gasteiger partial charge in [0.25, 0.3) is 0 Å². The summed E-state index contributed by atoms with van der Waals surface area (Å²) in [6.07, 6.45) is 2.52. The predicted molar refractivity (Wildman–Crippen MR) is 67.0 cm³/mol. The van der Waals surface area contributed by atoms with E-state index in [2.05, 4.69) is 0 Å². The van der Waals surface area contributed by atoms with E-state index in [9.17, 15) is 9.18 Å². The molecule has 2 nitrogen and oxygen atoms in total. The average Bonchev–Trinajstić information content (AvgIpc) is 2.83. The molecular formula is C13H15FO2S. The van der Waals surface area contributed by atoms with E-state index in [0.29, 0.717) is 17.4 Å². The van der Waals surface area contributed by atoms with Gasteiger partial charge >= 0.3 is 0 Å². The minimum atomic E-state index is -0.312. The molecule has 1 aromatic carbocycles. The molecule has 0 radical (unpaired) electrons. The quantitative estimate of drug-likeness (QED) is 0.756. The lowest BCUT2D eigenvalue weighted by atomic mass is 10.1. The molecule has 1 fully saturated rings. The Morgan fingerprint density at radius 3 is 2.82 bits per heavy atom. The van der Waals surface area contributed by atoms with Crippen LogP contribution in [0.3, 0.4) is 0 Å². The first-order chi connectivity index (χ1) is 8.25. The Kier molecular flexibility index (Phi) is 4.57. The first-order valence-electron chi connectivity index (χ1n) is 5.74. The minimum Gasteiger partial charge on any atom is -0.377 e. The second kappa shape index (κ2) is 6.17. The summed E-state index contributed by atoms with van der Waals surface area (Å²) in [4.78, 5) is 11.7. The Morgan fingerprint density at radius 1 is 1.41 bits per heavy atom. The van der Waals surface area contributed by atoms with Crippen LogP contribution in [0.5, 0.6) is 0 Å². The zero-order valence-corrected chi connectivity index (χ0v) is 10.3. The van der Waals surface area contributed by atoms with Gasteiger partial charge in [-0.3, -0.25) is 4.79 Å². The van der Waals surface area contributed by atoms with Gasteiger partial charge in [-0.05, 0) is 37.1 Å². The molecule has 4 heteroatoms. The molecule has 1 aromatic rings. The van der Waals surface area contributed by atoms with E-state index in [0.717, 1.165) is 25.2 Å². The summed E-state index contributed by atoms with van der Waals surface area (Å²) < 4.78 is 18.1. The first kappa shape index (κ1) is 12.6. The molecule has 0 N–H and O–H groups in total. The third-order valence-electron chi connectivity index (χ3n) is 2.73. The Balaban J connectivity index is 1.75. The van der Waals surface area contributed by atoms with Gasteiger partial charge < -0.3 is 4.74 Å². The van der Waals surface area contributed by atoms with Crippen molar-refractivity contribution in [3.8, 4) is 0 Å². The molecule has 0 bridgehead atoms. The normalized spacial score (nSPS) is 19.5. The molecule has 1 unspecified atom stereocenters. The van der Waals surface area contributed by atoms with Crippen molar-refractivity contribution in [2.45, 2.75) is 18.9 Å². The van der Waals surface area contributed by atoms with Gasteiger partial charge in [-0.2, -0.15) is 11.8 Å². The molecule has 1 aliphatic rings. The fraction of sp³-hybridized carbons (Fsp3) is 0.462. The van der Waals surface area contributed by atoms with Crippen molar-refractivity contribution in [3.63, 3.8) is 0 Å². The summed E-state index contributed by atoms with van der Waals surface area (Å²) in [6, 6.07) is 5.70. The van der Waals surface area contributed by atoms with Crippen molar-refractivity contribution in [2.75, 3.05) is 18.1 Å². The van der Waals surface area contributed by atoms with Crippen molar-refractivity contribution in [3.05, 3.63) is 35.6 Å². The Bertz CT molecular complexity index is 372. The Labute approximate surface area is 105 Å². The number of thioether (sulfide) groups is 1. The van der Waals surface area contributed by atoms with Crippen LogP contribution >= 0.6 is 11.8 Å². The van der Waals surface area contributed by atoms with E-state index in [1.807, 2.05) is 0 Å². The third-order valence-corrected chi connectivity index (χ3v) is 3.80. The lowest BCUT2D eigenvalue weighted by Crippen LogP contribution is -2.11. The lowest BCUT2D eigenvalue weighted by molar-refractivity contribution is 0.102. The summed E-state index contributed by atoms with van der Waals surface area (Å²) in [6.45, 7) is 0.844. The Hall–Kier alpha value is -0.870. The highest BCUT2D eigenvalue weighted by atomic mass is 32.2. The summed E-state index contributed by atoms with van der Waals surface area (Å²) in [5.74, 6) is 1.04. The van der Waals surface area contributed by atoms with Crippen LogP contribution in [-0.2, 0) is 4.74 Å². The highest BCUT2D eigenvalue weighted by Crippen LogP contribution is 2.18. The van der Waals surface area contributed by atoms with E-state index in [1.54, 1.807) is 11.8 Å². The standard InChI is InChI=1S/C13H15FO2S/c14-11-5-3-10(4-6-11)13(15)9-17-8-12-2-1-7-16-12/h3-6,12H,1-2,7-9H2. The van der Waals surface area contributed by atoms with Crippen molar-refractivity contribution in [1.29, 1.82) is 0 Å². The molecule has 0 aliphatic carbocycles. The molecule has 17 heavy (non-hydrogen) atoms. The third kappa shape index (κ3) is 3.82. The van der Waals surface area contributed by atoms with Gasteiger partial charge in [0, 0.05) is 17.9 Å². The van der Waals surface area contributed by atoms with E-state index in [1.165, 1.54) is 24.3 Å². The van der Waals surface area contributed by atoms with Crippen LogP contribution in [0.2, 0.25) is 0 Å². The van der Waals surface area contributed by atoms with E-state index < -0.39 is 0 Å². The maximum absolute atomic E-state index is 12.7. The smallest absolute Gasteiger partial charge is 0.172 e. The van der Waals surface area contributed by atoms with Gasteiger partial charge in [0.2, 0.25) is 0 Å². The van der Waals surface area contributed by atoms with Crippen LogP contribution in [0.15, 0.2) is 24.3 Å². The van der Waals surface area contributed by atoms with Crippen LogP contribution < -0.4 is 0 Å².